The van der Waals surface area contributed by atoms with Gasteiger partial charge in [-0.25, -0.2) is 4.79 Å². The van der Waals surface area contributed by atoms with Crippen LogP contribution in [0, 0.1) is 19.8 Å². The number of carbonyl (C=O) groups excluding carboxylic acids is 3. The van der Waals surface area contributed by atoms with Gasteiger partial charge in [-0.2, -0.15) is 0 Å². The lowest BCUT2D eigenvalue weighted by molar-refractivity contribution is -0.122. The predicted octanol–water partition coefficient (Wildman–Crippen LogP) is 4.01. The third-order valence-corrected chi connectivity index (χ3v) is 5.95. The predicted molar refractivity (Wildman–Crippen MR) is 132 cm³/mol. The second-order valence-corrected chi connectivity index (χ2v) is 8.36. The van der Waals surface area contributed by atoms with Crippen LogP contribution in [-0.4, -0.2) is 29.4 Å². The molecule has 3 N–H and O–H groups in total. The molecule has 4 amide bonds. The van der Waals surface area contributed by atoms with E-state index in [0.717, 1.165) is 22.4 Å². The summed E-state index contributed by atoms with van der Waals surface area (Å²) in [4.78, 5) is 43.4. The molecule has 1 fully saturated rings. The number of benzene rings is 2. The molecule has 0 bridgehead atoms. The molecule has 0 unspecified atom stereocenters. The molecule has 8 nitrogen and oxygen atoms in total. The molecule has 0 saturated carbocycles. The van der Waals surface area contributed by atoms with Crippen molar-refractivity contribution in [1.82, 2.24) is 10.3 Å². The van der Waals surface area contributed by atoms with Gasteiger partial charge in [-0.05, 0) is 66.9 Å². The van der Waals surface area contributed by atoms with Gasteiger partial charge in [0.1, 0.15) is 0 Å². The van der Waals surface area contributed by atoms with Gasteiger partial charge >= 0.3 is 6.03 Å². The zero-order chi connectivity index (χ0) is 24.1. The minimum atomic E-state index is -0.451. The van der Waals surface area contributed by atoms with Gasteiger partial charge in [0, 0.05) is 49.0 Å². The van der Waals surface area contributed by atoms with Crippen molar-refractivity contribution in [2.45, 2.75) is 26.8 Å². The number of urea groups is 1. The Hall–Kier alpha value is -4.20. The Bertz CT molecular complexity index is 1210. The van der Waals surface area contributed by atoms with E-state index in [-0.39, 0.29) is 24.3 Å². The molecule has 174 valence electrons. The lowest BCUT2D eigenvalue weighted by Crippen LogP contribution is -2.29. The third kappa shape index (κ3) is 5.40. The molecule has 1 saturated heterocycles. The van der Waals surface area contributed by atoms with E-state index in [1.165, 1.54) is 0 Å². The smallest absolute Gasteiger partial charge is 0.319 e. The average molecular weight is 458 g/mol. The summed E-state index contributed by atoms with van der Waals surface area (Å²) in [7, 11) is 0. The molecule has 2 heterocycles. The SMILES string of the molecule is Cc1cccc(N2C[C@@H](C(=O)Nc3cccc(NC(=O)NCc4ccncc4)c3)CC2=O)c1C. The third-order valence-electron chi connectivity index (χ3n) is 5.95. The van der Waals surface area contributed by atoms with Crippen LogP contribution in [0.2, 0.25) is 0 Å². The van der Waals surface area contributed by atoms with Gasteiger partial charge in [-0.1, -0.05) is 18.2 Å². The van der Waals surface area contributed by atoms with Crippen LogP contribution in [0.25, 0.3) is 0 Å². The van der Waals surface area contributed by atoms with Crippen molar-refractivity contribution in [1.29, 1.82) is 0 Å². The largest absolute Gasteiger partial charge is 0.334 e. The van der Waals surface area contributed by atoms with Crippen LogP contribution < -0.4 is 20.9 Å². The van der Waals surface area contributed by atoms with Gasteiger partial charge in [-0.15, -0.1) is 0 Å². The first-order valence-electron chi connectivity index (χ1n) is 11.1. The Kier molecular flexibility index (Phi) is 6.87. The Balaban J connectivity index is 1.34. The van der Waals surface area contributed by atoms with Crippen molar-refractivity contribution >= 4 is 34.9 Å². The highest BCUT2D eigenvalue weighted by molar-refractivity contribution is 6.04. The standard InChI is InChI=1S/C26H27N5O3/c1-17-5-3-8-23(18(17)2)31-16-20(13-24(31)32)25(33)29-21-6-4-7-22(14-21)30-26(34)28-15-19-9-11-27-12-10-19/h3-12,14,20H,13,15-16H2,1-2H3,(H,29,33)(H2,28,30,34)/t20-/m0/s1. The number of pyridine rings is 1. The highest BCUT2D eigenvalue weighted by atomic mass is 16.2. The molecule has 8 heteroatoms. The van der Waals surface area contributed by atoms with Crippen LogP contribution >= 0.6 is 0 Å². The van der Waals surface area contributed by atoms with Crippen molar-refractivity contribution in [2.75, 3.05) is 22.1 Å². The number of hydrogen-bond donors (Lipinski definition) is 3. The van der Waals surface area contributed by atoms with E-state index in [4.69, 9.17) is 0 Å². The fourth-order valence-electron chi connectivity index (χ4n) is 3.92. The number of amides is 4. The first-order valence-corrected chi connectivity index (χ1v) is 11.1. The molecule has 1 aliphatic rings. The first kappa shape index (κ1) is 23.0. The molecule has 1 aromatic heterocycles. The number of nitrogens with one attached hydrogen (secondary N) is 3. The molecule has 0 spiro atoms. The zero-order valence-electron chi connectivity index (χ0n) is 19.2. The Morgan fingerprint density at radius 2 is 1.71 bits per heavy atom. The van der Waals surface area contributed by atoms with Gasteiger partial charge in [0.2, 0.25) is 11.8 Å². The van der Waals surface area contributed by atoms with E-state index in [1.54, 1.807) is 41.6 Å². The highest BCUT2D eigenvalue weighted by Crippen LogP contribution is 2.30. The average Bonchev–Trinajstić information content (AvgIpc) is 3.22. The maximum atomic E-state index is 12.9. The summed E-state index contributed by atoms with van der Waals surface area (Å²) in [6.07, 6.45) is 3.50. The van der Waals surface area contributed by atoms with E-state index in [1.807, 2.05) is 44.2 Å². The zero-order valence-corrected chi connectivity index (χ0v) is 19.2. The summed E-state index contributed by atoms with van der Waals surface area (Å²) in [6.45, 7) is 4.70. The van der Waals surface area contributed by atoms with E-state index in [0.29, 0.717) is 24.5 Å². The van der Waals surface area contributed by atoms with Crippen LogP contribution in [0.15, 0.2) is 67.0 Å². The van der Waals surface area contributed by atoms with Crippen LogP contribution in [0.1, 0.15) is 23.1 Å². The Morgan fingerprint density at radius 1 is 1.00 bits per heavy atom. The van der Waals surface area contributed by atoms with Crippen LogP contribution in [0.4, 0.5) is 21.9 Å². The van der Waals surface area contributed by atoms with Gasteiger partial charge < -0.3 is 20.9 Å². The van der Waals surface area contributed by atoms with Gasteiger partial charge in [0.15, 0.2) is 0 Å². The number of aryl methyl sites for hydroxylation is 1. The number of rotatable bonds is 6. The molecule has 1 aliphatic heterocycles. The van der Waals surface area contributed by atoms with Crippen molar-refractivity contribution in [2.24, 2.45) is 5.92 Å². The molecular weight excluding hydrogens is 430 g/mol. The summed E-state index contributed by atoms with van der Waals surface area (Å²) < 4.78 is 0. The molecule has 1 atom stereocenters. The molecule has 34 heavy (non-hydrogen) atoms. The monoisotopic (exact) mass is 457 g/mol. The minimum absolute atomic E-state index is 0.0601. The van der Waals surface area contributed by atoms with Gasteiger partial charge in [-0.3, -0.25) is 14.6 Å². The Labute approximate surface area is 198 Å². The molecular formula is C26H27N5O3. The van der Waals surface area contributed by atoms with Gasteiger partial charge in [0.25, 0.3) is 0 Å². The van der Waals surface area contributed by atoms with Crippen molar-refractivity contribution in [3.8, 4) is 0 Å². The highest BCUT2D eigenvalue weighted by Gasteiger charge is 2.35. The van der Waals surface area contributed by atoms with Crippen LogP contribution in [0.5, 0.6) is 0 Å². The van der Waals surface area contributed by atoms with Crippen molar-refractivity contribution in [3.05, 3.63) is 83.7 Å². The van der Waals surface area contributed by atoms with E-state index >= 15 is 0 Å². The molecule has 2 aromatic carbocycles. The molecule has 0 aliphatic carbocycles. The molecule has 3 aromatic rings. The first-order chi connectivity index (χ1) is 16.4. The number of carbonyl (C=O) groups is 3. The maximum Gasteiger partial charge on any atom is 0.319 e. The van der Waals surface area contributed by atoms with E-state index < -0.39 is 5.92 Å². The van der Waals surface area contributed by atoms with Crippen LogP contribution in [0.3, 0.4) is 0 Å². The quantitative estimate of drug-likeness (QED) is 0.520. The topological polar surface area (TPSA) is 103 Å². The molecule has 0 radical (unpaired) electrons. The normalized spacial score (nSPS) is 15.2. The lowest BCUT2D eigenvalue weighted by Gasteiger charge is -2.20. The number of aromatic nitrogens is 1. The van der Waals surface area contributed by atoms with Crippen molar-refractivity contribution in [3.63, 3.8) is 0 Å². The maximum absolute atomic E-state index is 12.9. The summed E-state index contributed by atoms with van der Waals surface area (Å²) in [6, 6.07) is 16.0. The van der Waals surface area contributed by atoms with Gasteiger partial charge in [0.05, 0.1) is 5.92 Å². The second-order valence-electron chi connectivity index (χ2n) is 8.36. The second kappa shape index (κ2) is 10.2. The number of anilines is 3. The summed E-state index contributed by atoms with van der Waals surface area (Å²) in [5.74, 6) is -0.733. The molecule has 4 rings (SSSR count). The Morgan fingerprint density at radius 3 is 2.47 bits per heavy atom. The summed E-state index contributed by atoms with van der Waals surface area (Å²) in [5, 5.41) is 8.42. The van der Waals surface area contributed by atoms with Crippen LogP contribution in [-0.2, 0) is 16.1 Å². The number of hydrogen-bond acceptors (Lipinski definition) is 4. The van der Waals surface area contributed by atoms with Crippen molar-refractivity contribution < 1.29 is 14.4 Å². The number of nitrogens with zero attached hydrogens (tertiary/aromatic N) is 2. The summed E-state index contributed by atoms with van der Waals surface area (Å²) >= 11 is 0. The summed E-state index contributed by atoms with van der Waals surface area (Å²) in [5.41, 5.74) is 5.03. The lowest BCUT2D eigenvalue weighted by atomic mass is 10.1. The minimum Gasteiger partial charge on any atom is -0.334 e. The van der Waals surface area contributed by atoms with E-state index in [2.05, 4.69) is 20.9 Å². The van der Waals surface area contributed by atoms with E-state index in [9.17, 15) is 14.4 Å². The fourth-order valence-corrected chi connectivity index (χ4v) is 3.92. The fraction of sp³-hybridized carbons (Fsp3) is 0.231.